The van der Waals surface area contributed by atoms with Gasteiger partial charge in [-0.15, -0.1) is 0 Å². The Morgan fingerprint density at radius 3 is 2.44 bits per heavy atom. The van der Waals surface area contributed by atoms with E-state index < -0.39 is 11.8 Å². The molecule has 8 heteroatoms. The molecule has 0 radical (unpaired) electrons. The zero-order valence-electron chi connectivity index (χ0n) is 18.8. The first-order valence-corrected chi connectivity index (χ1v) is 10.7. The largest absolute Gasteiger partial charge is 0.478 e. The van der Waals surface area contributed by atoms with Crippen LogP contribution in [0.1, 0.15) is 40.5 Å². The lowest BCUT2D eigenvalue weighted by molar-refractivity contribution is 0.0697. The Morgan fingerprint density at radius 2 is 1.82 bits per heavy atom. The number of rotatable bonds is 5. The van der Waals surface area contributed by atoms with Gasteiger partial charge in [0.05, 0.1) is 29.2 Å². The van der Waals surface area contributed by atoms with E-state index in [1.807, 2.05) is 37.6 Å². The van der Waals surface area contributed by atoms with Gasteiger partial charge in [0.2, 0.25) is 0 Å². The molecule has 170 valence electrons. The normalized spacial score (nSPS) is 12.2. The lowest BCUT2D eigenvalue weighted by Gasteiger charge is -2.14. The van der Waals surface area contributed by atoms with Crippen molar-refractivity contribution in [2.75, 3.05) is 0 Å². The first-order chi connectivity index (χ1) is 16.3. The van der Waals surface area contributed by atoms with Gasteiger partial charge >= 0.3 is 5.97 Å². The highest BCUT2D eigenvalue weighted by Crippen LogP contribution is 2.36. The first kappa shape index (κ1) is 21.5. The molecule has 5 aromatic rings. The molecule has 1 unspecified atom stereocenters. The summed E-state index contributed by atoms with van der Waals surface area (Å²) in [6.45, 7) is 5.72. The standard InChI is InChI=1S/C26H21FN4O3/c1-14-24(16(3)34-30-14)19-10-21-22(17-4-6-18(7-5-17)26(32)33)13-31(25(21)29-11-19)15(2)23-9-8-20(27)12-28-23/h4-13,15H,1-3H3,(H,32,33). The van der Waals surface area contributed by atoms with Gasteiger partial charge in [-0.25, -0.2) is 14.2 Å². The Kier molecular flexibility index (Phi) is 5.20. The Labute approximate surface area is 194 Å². The van der Waals surface area contributed by atoms with Crippen molar-refractivity contribution in [3.8, 4) is 22.3 Å². The fraction of sp³-hybridized carbons (Fsp3) is 0.154. The van der Waals surface area contributed by atoms with Gasteiger partial charge in [0.1, 0.15) is 17.2 Å². The Hall–Kier alpha value is -4.33. The smallest absolute Gasteiger partial charge is 0.335 e. The average molecular weight is 456 g/mol. The van der Waals surface area contributed by atoms with Crippen LogP contribution in [0.2, 0.25) is 0 Å². The monoisotopic (exact) mass is 456 g/mol. The van der Waals surface area contributed by atoms with Crippen LogP contribution in [0, 0.1) is 19.7 Å². The van der Waals surface area contributed by atoms with Crippen LogP contribution < -0.4 is 0 Å². The van der Waals surface area contributed by atoms with Crippen molar-refractivity contribution in [2.24, 2.45) is 0 Å². The van der Waals surface area contributed by atoms with Crippen LogP contribution in [0.15, 0.2) is 65.6 Å². The second-order valence-electron chi connectivity index (χ2n) is 8.20. The van der Waals surface area contributed by atoms with E-state index in [0.29, 0.717) is 11.5 Å². The van der Waals surface area contributed by atoms with E-state index in [2.05, 4.69) is 10.1 Å². The average Bonchev–Trinajstić information content (AvgIpc) is 3.38. The van der Waals surface area contributed by atoms with Crippen molar-refractivity contribution >= 4 is 17.0 Å². The van der Waals surface area contributed by atoms with Crippen LogP contribution >= 0.6 is 0 Å². The van der Waals surface area contributed by atoms with Crippen molar-refractivity contribution in [3.63, 3.8) is 0 Å². The highest BCUT2D eigenvalue weighted by Gasteiger charge is 2.20. The maximum Gasteiger partial charge on any atom is 0.335 e. The molecule has 0 aliphatic carbocycles. The molecule has 0 aliphatic heterocycles. The molecule has 5 rings (SSSR count). The second kappa shape index (κ2) is 8.22. The van der Waals surface area contributed by atoms with E-state index >= 15 is 0 Å². The summed E-state index contributed by atoms with van der Waals surface area (Å²) in [6, 6.07) is 11.6. The van der Waals surface area contributed by atoms with Crippen LogP contribution in [-0.2, 0) is 0 Å². The molecule has 0 saturated carbocycles. The number of aromatic carboxylic acids is 1. The first-order valence-electron chi connectivity index (χ1n) is 10.7. The molecule has 7 nitrogen and oxygen atoms in total. The van der Waals surface area contributed by atoms with E-state index in [1.54, 1.807) is 36.5 Å². The molecule has 0 saturated heterocycles. The minimum absolute atomic E-state index is 0.214. The van der Waals surface area contributed by atoms with Gasteiger partial charge in [-0.05, 0) is 56.7 Å². The van der Waals surface area contributed by atoms with Gasteiger partial charge < -0.3 is 14.2 Å². The Balaban J connectivity index is 1.71. The van der Waals surface area contributed by atoms with Crippen molar-refractivity contribution in [2.45, 2.75) is 26.8 Å². The molecule has 34 heavy (non-hydrogen) atoms. The summed E-state index contributed by atoms with van der Waals surface area (Å²) in [7, 11) is 0. The number of hydrogen-bond donors (Lipinski definition) is 1. The molecule has 1 aromatic carbocycles. The highest BCUT2D eigenvalue weighted by atomic mass is 19.1. The van der Waals surface area contributed by atoms with Gasteiger partial charge in [-0.1, -0.05) is 17.3 Å². The minimum atomic E-state index is -0.979. The predicted molar refractivity (Wildman–Crippen MR) is 125 cm³/mol. The number of halogens is 1. The van der Waals surface area contributed by atoms with E-state index in [-0.39, 0.29) is 11.6 Å². The number of aryl methyl sites for hydroxylation is 2. The number of benzene rings is 1. The van der Waals surface area contributed by atoms with E-state index in [1.165, 1.54) is 12.3 Å². The zero-order valence-corrected chi connectivity index (χ0v) is 18.8. The highest BCUT2D eigenvalue weighted by molar-refractivity contribution is 5.97. The zero-order chi connectivity index (χ0) is 24.0. The molecule has 1 N–H and O–H groups in total. The molecule has 0 bridgehead atoms. The summed E-state index contributed by atoms with van der Waals surface area (Å²) in [5.41, 5.74) is 5.92. The molecule has 0 spiro atoms. The molecule has 4 aromatic heterocycles. The number of aromatic nitrogens is 4. The molecular weight excluding hydrogens is 435 g/mol. The molecule has 0 fully saturated rings. The number of carboxylic acid groups (broad SMARTS) is 1. The Morgan fingerprint density at radius 1 is 1.06 bits per heavy atom. The summed E-state index contributed by atoms with van der Waals surface area (Å²) >= 11 is 0. The number of carboxylic acids is 1. The van der Waals surface area contributed by atoms with Gasteiger partial charge in [0.25, 0.3) is 0 Å². The van der Waals surface area contributed by atoms with Crippen LogP contribution in [0.3, 0.4) is 0 Å². The van der Waals surface area contributed by atoms with Gasteiger partial charge in [-0.2, -0.15) is 0 Å². The van der Waals surface area contributed by atoms with Crippen molar-refractivity contribution in [3.05, 3.63) is 89.6 Å². The van der Waals surface area contributed by atoms with Crippen LogP contribution in [0.4, 0.5) is 4.39 Å². The number of carbonyl (C=O) groups is 1. The molecule has 1 atom stereocenters. The quantitative estimate of drug-likeness (QED) is 0.358. The van der Waals surface area contributed by atoms with Crippen LogP contribution in [0.25, 0.3) is 33.3 Å². The third-order valence-corrected chi connectivity index (χ3v) is 6.03. The van der Waals surface area contributed by atoms with E-state index in [9.17, 15) is 14.3 Å². The van der Waals surface area contributed by atoms with E-state index in [0.717, 1.165) is 39.0 Å². The van der Waals surface area contributed by atoms with Gasteiger partial charge in [-0.3, -0.25) is 4.98 Å². The summed E-state index contributed by atoms with van der Waals surface area (Å²) in [5.74, 6) is -0.670. The fourth-order valence-corrected chi connectivity index (χ4v) is 4.26. The number of pyridine rings is 2. The topological polar surface area (TPSA) is 94.0 Å². The van der Waals surface area contributed by atoms with Crippen molar-refractivity contribution in [1.82, 2.24) is 19.7 Å². The molecular formula is C26H21FN4O3. The third-order valence-electron chi connectivity index (χ3n) is 6.03. The number of nitrogens with zero attached hydrogens (tertiary/aromatic N) is 4. The second-order valence-corrected chi connectivity index (χ2v) is 8.20. The molecule has 0 amide bonds. The maximum absolute atomic E-state index is 13.4. The Bertz CT molecular complexity index is 1500. The SMILES string of the molecule is Cc1noc(C)c1-c1cnc2c(c1)c(-c1ccc(C(=O)O)cc1)cn2C(C)c1ccc(F)cn1. The summed E-state index contributed by atoms with van der Waals surface area (Å²) in [4.78, 5) is 20.3. The minimum Gasteiger partial charge on any atom is -0.478 e. The predicted octanol–water partition coefficient (Wildman–Crippen LogP) is 5.82. The summed E-state index contributed by atoms with van der Waals surface area (Å²) < 4.78 is 20.8. The van der Waals surface area contributed by atoms with Gasteiger partial charge in [0, 0.05) is 34.5 Å². The van der Waals surface area contributed by atoms with Crippen LogP contribution in [0.5, 0.6) is 0 Å². The van der Waals surface area contributed by atoms with E-state index in [4.69, 9.17) is 9.51 Å². The number of fused-ring (bicyclic) bond motifs is 1. The molecule has 4 heterocycles. The third kappa shape index (κ3) is 3.63. The van der Waals surface area contributed by atoms with Crippen molar-refractivity contribution in [1.29, 1.82) is 0 Å². The number of hydrogen-bond acceptors (Lipinski definition) is 5. The van der Waals surface area contributed by atoms with Gasteiger partial charge in [0.15, 0.2) is 0 Å². The van der Waals surface area contributed by atoms with Crippen molar-refractivity contribution < 1.29 is 18.8 Å². The maximum atomic E-state index is 13.4. The lowest BCUT2D eigenvalue weighted by atomic mass is 10.0. The van der Waals surface area contributed by atoms with Crippen LogP contribution in [-0.4, -0.2) is 30.8 Å². The summed E-state index contributed by atoms with van der Waals surface area (Å²) in [6.07, 6.45) is 4.96. The summed E-state index contributed by atoms with van der Waals surface area (Å²) in [5, 5.41) is 14.2. The molecule has 0 aliphatic rings. The fourth-order valence-electron chi connectivity index (χ4n) is 4.26. The lowest BCUT2D eigenvalue weighted by Crippen LogP contribution is -2.08.